The third kappa shape index (κ3) is 4.62. The maximum absolute atomic E-state index is 12.1. The van der Waals surface area contributed by atoms with Gasteiger partial charge in [-0.05, 0) is 55.3 Å². The van der Waals surface area contributed by atoms with Gasteiger partial charge < -0.3 is 14.8 Å². The summed E-state index contributed by atoms with van der Waals surface area (Å²) in [5, 5.41) is 3.02. The second-order valence-corrected chi connectivity index (χ2v) is 8.06. The van der Waals surface area contributed by atoms with E-state index >= 15 is 0 Å². The summed E-state index contributed by atoms with van der Waals surface area (Å²) in [4.78, 5) is 14.3. The van der Waals surface area contributed by atoms with Crippen molar-refractivity contribution in [2.24, 2.45) is 0 Å². The van der Waals surface area contributed by atoms with Crippen LogP contribution in [0.1, 0.15) is 34.3 Å². The SMILES string of the molecule is CN(Cc1ccc(C(=O)NC2CC2)cc1)Cc1cc2c(cc1Br)OCCO2. The van der Waals surface area contributed by atoms with Gasteiger partial charge in [0.25, 0.3) is 5.91 Å². The van der Waals surface area contributed by atoms with Crippen molar-refractivity contribution >= 4 is 21.8 Å². The van der Waals surface area contributed by atoms with E-state index in [1.807, 2.05) is 36.4 Å². The molecular weight excluding hydrogens is 408 g/mol. The average molecular weight is 431 g/mol. The van der Waals surface area contributed by atoms with E-state index in [9.17, 15) is 4.79 Å². The Hall–Kier alpha value is -2.05. The number of amides is 1. The fourth-order valence-electron chi connectivity index (χ4n) is 3.14. The molecule has 0 bridgehead atoms. The second-order valence-electron chi connectivity index (χ2n) is 7.20. The van der Waals surface area contributed by atoms with Crippen LogP contribution >= 0.6 is 15.9 Å². The topological polar surface area (TPSA) is 50.8 Å². The average Bonchev–Trinajstić information content (AvgIpc) is 3.47. The highest BCUT2D eigenvalue weighted by atomic mass is 79.9. The molecule has 1 N–H and O–H groups in total. The Morgan fingerprint density at radius 1 is 1.11 bits per heavy atom. The molecule has 1 aliphatic heterocycles. The van der Waals surface area contributed by atoms with Gasteiger partial charge in [0, 0.05) is 29.2 Å². The van der Waals surface area contributed by atoms with Gasteiger partial charge in [0.1, 0.15) is 13.2 Å². The molecule has 0 spiro atoms. The maximum Gasteiger partial charge on any atom is 0.251 e. The molecule has 2 aliphatic rings. The Balaban J connectivity index is 1.37. The van der Waals surface area contributed by atoms with E-state index in [0.29, 0.717) is 19.3 Å². The summed E-state index contributed by atoms with van der Waals surface area (Å²) in [6.45, 7) is 2.75. The third-order valence-corrected chi connectivity index (χ3v) is 5.47. The van der Waals surface area contributed by atoms with Crippen LogP contribution in [-0.2, 0) is 13.1 Å². The van der Waals surface area contributed by atoms with Gasteiger partial charge in [-0.3, -0.25) is 9.69 Å². The molecule has 27 heavy (non-hydrogen) atoms. The Labute approximate surface area is 167 Å². The van der Waals surface area contributed by atoms with Crippen molar-refractivity contribution in [1.29, 1.82) is 0 Å². The van der Waals surface area contributed by atoms with Crippen LogP contribution in [0.3, 0.4) is 0 Å². The van der Waals surface area contributed by atoms with Crippen molar-refractivity contribution < 1.29 is 14.3 Å². The molecule has 1 heterocycles. The molecule has 0 aromatic heterocycles. The number of carbonyl (C=O) groups is 1. The minimum Gasteiger partial charge on any atom is -0.486 e. The number of fused-ring (bicyclic) bond motifs is 1. The highest BCUT2D eigenvalue weighted by Crippen LogP contribution is 2.36. The minimum atomic E-state index is 0.0256. The van der Waals surface area contributed by atoms with Crippen molar-refractivity contribution in [3.63, 3.8) is 0 Å². The zero-order chi connectivity index (χ0) is 18.8. The number of halogens is 1. The summed E-state index contributed by atoms with van der Waals surface area (Å²) in [5.41, 5.74) is 3.05. The van der Waals surface area contributed by atoms with E-state index < -0.39 is 0 Å². The van der Waals surface area contributed by atoms with Gasteiger partial charge in [-0.2, -0.15) is 0 Å². The molecule has 142 valence electrons. The largest absolute Gasteiger partial charge is 0.486 e. The van der Waals surface area contributed by atoms with Crippen LogP contribution < -0.4 is 14.8 Å². The number of hydrogen-bond donors (Lipinski definition) is 1. The lowest BCUT2D eigenvalue weighted by molar-refractivity contribution is 0.0951. The fourth-order valence-corrected chi connectivity index (χ4v) is 3.59. The van der Waals surface area contributed by atoms with E-state index in [1.165, 1.54) is 5.56 Å². The number of ether oxygens (including phenoxy) is 2. The van der Waals surface area contributed by atoms with E-state index in [0.717, 1.165) is 53.0 Å². The van der Waals surface area contributed by atoms with Crippen molar-refractivity contribution in [2.75, 3.05) is 20.3 Å². The first-order valence-electron chi connectivity index (χ1n) is 9.25. The van der Waals surface area contributed by atoms with Crippen LogP contribution in [0.4, 0.5) is 0 Å². The zero-order valence-corrected chi connectivity index (χ0v) is 16.9. The first kappa shape index (κ1) is 18.3. The molecule has 1 fully saturated rings. The third-order valence-electron chi connectivity index (χ3n) is 4.73. The van der Waals surface area contributed by atoms with Crippen LogP contribution in [-0.4, -0.2) is 37.1 Å². The molecule has 0 unspecified atom stereocenters. The lowest BCUT2D eigenvalue weighted by atomic mass is 10.1. The lowest BCUT2D eigenvalue weighted by Crippen LogP contribution is -2.25. The minimum absolute atomic E-state index is 0.0256. The molecule has 2 aromatic rings. The summed E-state index contributed by atoms with van der Waals surface area (Å²) in [6, 6.07) is 12.3. The number of nitrogens with one attached hydrogen (secondary N) is 1. The Morgan fingerprint density at radius 2 is 1.78 bits per heavy atom. The van der Waals surface area contributed by atoms with Gasteiger partial charge >= 0.3 is 0 Å². The highest BCUT2D eigenvalue weighted by Gasteiger charge is 2.23. The van der Waals surface area contributed by atoms with Crippen LogP contribution in [0.15, 0.2) is 40.9 Å². The highest BCUT2D eigenvalue weighted by molar-refractivity contribution is 9.10. The van der Waals surface area contributed by atoms with Gasteiger partial charge in [-0.25, -0.2) is 0 Å². The normalized spacial score (nSPS) is 15.7. The predicted molar refractivity (Wildman–Crippen MR) is 107 cm³/mol. The molecule has 0 atom stereocenters. The zero-order valence-electron chi connectivity index (χ0n) is 15.3. The molecule has 6 heteroatoms. The van der Waals surface area contributed by atoms with E-state index in [-0.39, 0.29) is 5.91 Å². The molecule has 2 aromatic carbocycles. The molecule has 5 nitrogen and oxygen atoms in total. The molecule has 1 saturated carbocycles. The molecular formula is C21H23BrN2O3. The van der Waals surface area contributed by atoms with Gasteiger partial charge in [0.15, 0.2) is 11.5 Å². The molecule has 1 amide bonds. The molecule has 0 radical (unpaired) electrons. The van der Waals surface area contributed by atoms with Crippen LogP contribution in [0.5, 0.6) is 11.5 Å². The predicted octanol–water partition coefficient (Wildman–Crippen LogP) is 3.74. The Kier molecular flexibility index (Phi) is 5.36. The van der Waals surface area contributed by atoms with E-state index in [2.05, 4.69) is 33.2 Å². The quantitative estimate of drug-likeness (QED) is 0.757. The summed E-state index contributed by atoms with van der Waals surface area (Å²) in [5.74, 6) is 1.62. The van der Waals surface area contributed by atoms with Crippen molar-refractivity contribution in [3.05, 3.63) is 57.6 Å². The monoisotopic (exact) mass is 430 g/mol. The van der Waals surface area contributed by atoms with Crippen LogP contribution in [0.25, 0.3) is 0 Å². The smallest absolute Gasteiger partial charge is 0.251 e. The molecule has 1 aliphatic carbocycles. The van der Waals surface area contributed by atoms with Gasteiger partial charge in [-0.15, -0.1) is 0 Å². The van der Waals surface area contributed by atoms with Gasteiger partial charge in [0.2, 0.25) is 0 Å². The summed E-state index contributed by atoms with van der Waals surface area (Å²) >= 11 is 3.63. The standard InChI is InChI=1S/C21H23BrN2O3/c1-24(13-16-10-19-20(11-18(16)22)27-9-8-26-19)12-14-2-4-15(5-3-14)21(25)23-17-6-7-17/h2-5,10-11,17H,6-9,12-13H2,1H3,(H,23,25). The fraction of sp³-hybridized carbons (Fsp3) is 0.381. The maximum atomic E-state index is 12.1. The van der Waals surface area contributed by atoms with Gasteiger partial charge in [0.05, 0.1) is 0 Å². The van der Waals surface area contributed by atoms with Crippen LogP contribution in [0.2, 0.25) is 0 Å². The first-order chi connectivity index (χ1) is 13.1. The number of nitrogens with zero attached hydrogens (tertiary/aromatic N) is 1. The van der Waals surface area contributed by atoms with E-state index in [4.69, 9.17) is 9.47 Å². The number of benzene rings is 2. The summed E-state index contributed by atoms with van der Waals surface area (Å²) in [6.07, 6.45) is 2.20. The van der Waals surface area contributed by atoms with Crippen molar-refractivity contribution in [3.8, 4) is 11.5 Å². The van der Waals surface area contributed by atoms with Gasteiger partial charge in [-0.1, -0.05) is 28.1 Å². The Morgan fingerprint density at radius 3 is 2.44 bits per heavy atom. The first-order valence-corrected chi connectivity index (χ1v) is 10.0. The van der Waals surface area contributed by atoms with Crippen LogP contribution in [0, 0.1) is 0 Å². The second kappa shape index (κ2) is 7.90. The van der Waals surface area contributed by atoms with Crippen molar-refractivity contribution in [2.45, 2.75) is 32.0 Å². The Bertz CT molecular complexity index is 834. The summed E-state index contributed by atoms with van der Waals surface area (Å²) in [7, 11) is 2.08. The summed E-state index contributed by atoms with van der Waals surface area (Å²) < 4.78 is 12.3. The van der Waals surface area contributed by atoms with Crippen molar-refractivity contribution in [1.82, 2.24) is 10.2 Å². The molecule has 0 saturated heterocycles. The molecule has 4 rings (SSSR count). The van der Waals surface area contributed by atoms with E-state index in [1.54, 1.807) is 0 Å². The lowest BCUT2D eigenvalue weighted by Gasteiger charge is -2.22. The number of carbonyl (C=O) groups excluding carboxylic acids is 1. The number of rotatable bonds is 6. The number of hydrogen-bond acceptors (Lipinski definition) is 4.